The minimum absolute atomic E-state index is 0.0000902. The highest BCUT2D eigenvalue weighted by molar-refractivity contribution is 5.80. The second-order valence-electron chi connectivity index (χ2n) is 11.9. The fourth-order valence-electron chi connectivity index (χ4n) is 6.07. The second-order valence-corrected chi connectivity index (χ2v) is 11.9. The number of piperazine rings is 1. The van der Waals surface area contributed by atoms with E-state index in [0.29, 0.717) is 23.6 Å². The first-order valence-corrected chi connectivity index (χ1v) is 15.3. The molecule has 12 nitrogen and oxygen atoms in total. The minimum atomic E-state index is -3.38. The lowest BCUT2D eigenvalue weighted by Crippen LogP contribution is -2.60. The molecular weight excluding hydrogens is 598 g/mol. The molecule has 0 spiro atoms. The Kier molecular flexibility index (Phi) is 8.99. The number of hydrogen-bond donors (Lipinski definition) is 2. The second kappa shape index (κ2) is 13.1. The van der Waals surface area contributed by atoms with Gasteiger partial charge < -0.3 is 29.7 Å². The Morgan fingerprint density at radius 3 is 2.61 bits per heavy atom. The SMILES string of the molecule is CC(O)C(=O)N1CC[C@H](Oc2ccc(-c3ncnc(Nc4ccc(N5CCN(C6COC6)[C@H](C)C5)cc4)n3)cc2C#N)C(F)(F)C1. The molecule has 242 valence electrons. The molecule has 3 aliphatic rings. The average Bonchev–Trinajstić information content (AvgIpc) is 3.02. The summed E-state index contributed by atoms with van der Waals surface area (Å²) < 4.78 is 40.8. The fourth-order valence-corrected chi connectivity index (χ4v) is 6.07. The van der Waals surface area contributed by atoms with Crippen molar-refractivity contribution in [2.75, 3.05) is 56.2 Å². The molecule has 3 aliphatic heterocycles. The van der Waals surface area contributed by atoms with Crippen molar-refractivity contribution in [1.82, 2.24) is 24.8 Å². The largest absolute Gasteiger partial charge is 0.483 e. The van der Waals surface area contributed by atoms with Gasteiger partial charge in [0.1, 0.15) is 24.3 Å². The molecule has 1 amide bonds. The van der Waals surface area contributed by atoms with Crippen LogP contribution in [0.15, 0.2) is 48.8 Å². The quantitative estimate of drug-likeness (QED) is 0.378. The molecule has 4 heterocycles. The Morgan fingerprint density at radius 1 is 1.17 bits per heavy atom. The van der Waals surface area contributed by atoms with E-state index < -0.39 is 30.6 Å². The van der Waals surface area contributed by atoms with Gasteiger partial charge in [-0.3, -0.25) is 9.69 Å². The van der Waals surface area contributed by atoms with Crippen molar-refractivity contribution in [3.05, 3.63) is 54.4 Å². The van der Waals surface area contributed by atoms with Crippen molar-refractivity contribution in [3.63, 3.8) is 0 Å². The number of hydrogen-bond acceptors (Lipinski definition) is 11. The molecule has 0 saturated carbocycles. The Hall–Kier alpha value is -4.45. The number of amides is 1. The molecule has 14 heteroatoms. The van der Waals surface area contributed by atoms with E-state index >= 15 is 0 Å². The number of alkyl halides is 2. The minimum Gasteiger partial charge on any atom is -0.483 e. The van der Waals surface area contributed by atoms with Crippen LogP contribution >= 0.6 is 0 Å². The Balaban J connectivity index is 1.09. The van der Waals surface area contributed by atoms with E-state index in [1.54, 1.807) is 6.07 Å². The van der Waals surface area contributed by atoms with Gasteiger partial charge in [0.25, 0.3) is 5.91 Å². The Labute approximate surface area is 265 Å². The van der Waals surface area contributed by atoms with Crippen LogP contribution in [-0.2, 0) is 9.53 Å². The third-order valence-corrected chi connectivity index (χ3v) is 8.66. The van der Waals surface area contributed by atoms with Crippen LogP contribution in [0.1, 0.15) is 25.8 Å². The first-order valence-electron chi connectivity index (χ1n) is 15.3. The number of nitriles is 1. The zero-order valence-electron chi connectivity index (χ0n) is 25.6. The number of nitrogens with one attached hydrogen (secondary N) is 1. The number of carbonyl (C=O) groups is 1. The molecule has 0 bridgehead atoms. The highest BCUT2D eigenvalue weighted by Crippen LogP contribution is 2.34. The average molecular weight is 635 g/mol. The summed E-state index contributed by atoms with van der Waals surface area (Å²) in [4.78, 5) is 30.8. The van der Waals surface area contributed by atoms with Gasteiger partial charge in [-0.15, -0.1) is 0 Å². The summed E-state index contributed by atoms with van der Waals surface area (Å²) in [6.45, 7) is 7.16. The number of ether oxygens (including phenoxy) is 2. The summed E-state index contributed by atoms with van der Waals surface area (Å²) in [5, 5.41) is 22.5. The predicted octanol–water partition coefficient (Wildman–Crippen LogP) is 3.06. The maximum Gasteiger partial charge on any atom is 0.301 e. The number of aliphatic hydroxyl groups excluding tert-OH is 1. The van der Waals surface area contributed by atoms with Crippen LogP contribution in [0.5, 0.6) is 5.75 Å². The van der Waals surface area contributed by atoms with Gasteiger partial charge in [0, 0.05) is 55.6 Å². The van der Waals surface area contributed by atoms with E-state index in [4.69, 9.17) is 9.47 Å². The Morgan fingerprint density at radius 2 is 1.96 bits per heavy atom. The molecule has 2 N–H and O–H groups in total. The molecular formula is C32H36F2N8O4. The molecule has 3 saturated heterocycles. The lowest BCUT2D eigenvalue weighted by atomic mass is 10.0. The van der Waals surface area contributed by atoms with Gasteiger partial charge in [0.15, 0.2) is 11.9 Å². The smallest absolute Gasteiger partial charge is 0.301 e. The van der Waals surface area contributed by atoms with Gasteiger partial charge in [-0.2, -0.15) is 10.2 Å². The van der Waals surface area contributed by atoms with Gasteiger partial charge in [-0.25, -0.2) is 18.7 Å². The van der Waals surface area contributed by atoms with Crippen molar-refractivity contribution < 1.29 is 28.2 Å². The number of aliphatic hydroxyl groups is 1. The van der Waals surface area contributed by atoms with Crippen LogP contribution in [0.4, 0.5) is 26.1 Å². The molecule has 2 aromatic carbocycles. The third kappa shape index (κ3) is 6.72. The van der Waals surface area contributed by atoms with Crippen molar-refractivity contribution >= 4 is 23.2 Å². The summed E-state index contributed by atoms with van der Waals surface area (Å²) in [6.07, 6.45) is -1.72. The summed E-state index contributed by atoms with van der Waals surface area (Å²) in [5.74, 6) is -3.55. The highest BCUT2D eigenvalue weighted by Gasteiger charge is 2.48. The van der Waals surface area contributed by atoms with Crippen LogP contribution in [0.3, 0.4) is 0 Å². The first-order chi connectivity index (χ1) is 22.1. The maximum absolute atomic E-state index is 14.9. The monoisotopic (exact) mass is 634 g/mol. The van der Waals surface area contributed by atoms with E-state index in [-0.39, 0.29) is 30.1 Å². The van der Waals surface area contributed by atoms with Crippen molar-refractivity contribution in [2.45, 2.75) is 50.5 Å². The fraction of sp³-hybridized carbons (Fsp3) is 0.469. The number of aromatic nitrogens is 3. The molecule has 3 aromatic rings. The van der Waals surface area contributed by atoms with Crippen LogP contribution < -0.4 is 15.0 Å². The van der Waals surface area contributed by atoms with Crippen LogP contribution in [-0.4, -0.2) is 112 Å². The predicted molar refractivity (Wildman–Crippen MR) is 165 cm³/mol. The normalized spacial score (nSPS) is 22.4. The number of rotatable bonds is 8. The van der Waals surface area contributed by atoms with Gasteiger partial charge in [0.05, 0.1) is 31.4 Å². The standard InChI is InChI=1S/C32H36F2N8O4/c1-20-15-40(11-12-42(20)26-16-45-17-26)25-6-4-24(5-7-25)38-31-37-19-36-29(39-31)22-3-8-27(23(13-22)14-35)46-28-9-10-41(18-32(28,33)34)30(44)21(2)43/h3-8,13,19-21,26,28,43H,9-12,15-18H2,1-2H3,(H,36,37,38,39)/t20-,21?,28+/m1/s1. The topological polar surface area (TPSA) is 140 Å². The van der Waals surface area contributed by atoms with Gasteiger partial charge in [0.2, 0.25) is 5.95 Å². The van der Waals surface area contributed by atoms with E-state index in [0.717, 1.165) is 49.1 Å². The van der Waals surface area contributed by atoms with Gasteiger partial charge >= 0.3 is 5.92 Å². The summed E-state index contributed by atoms with van der Waals surface area (Å²) in [5.41, 5.74) is 2.46. The van der Waals surface area contributed by atoms with Crippen LogP contribution in [0.2, 0.25) is 0 Å². The number of carbonyl (C=O) groups excluding carboxylic acids is 1. The number of benzene rings is 2. The molecule has 6 rings (SSSR count). The van der Waals surface area contributed by atoms with Crippen molar-refractivity contribution in [1.29, 1.82) is 5.26 Å². The maximum atomic E-state index is 14.9. The molecule has 3 fully saturated rings. The summed E-state index contributed by atoms with van der Waals surface area (Å²) in [7, 11) is 0. The highest BCUT2D eigenvalue weighted by atomic mass is 19.3. The molecule has 0 radical (unpaired) electrons. The van der Waals surface area contributed by atoms with Gasteiger partial charge in [-0.1, -0.05) is 0 Å². The molecule has 0 aliphatic carbocycles. The number of halogens is 2. The van der Waals surface area contributed by atoms with E-state index in [1.807, 2.05) is 18.2 Å². The van der Waals surface area contributed by atoms with E-state index in [9.17, 15) is 23.9 Å². The van der Waals surface area contributed by atoms with Crippen LogP contribution in [0.25, 0.3) is 11.4 Å². The first kappa shape index (κ1) is 31.5. The van der Waals surface area contributed by atoms with Crippen molar-refractivity contribution in [3.8, 4) is 23.2 Å². The zero-order chi connectivity index (χ0) is 32.4. The number of piperidine rings is 1. The molecule has 46 heavy (non-hydrogen) atoms. The van der Waals surface area contributed by atoms with Crippen LogP contribution in [0, 0.1) is 11.3 Å². The third-order valence-electron chi connectivity index (χ3n) is 8.66. The van der Waals surface area contributed by atoms with E-state index in [2.05, 4.69) is 49.1 Å². The Bertz CT molecular complexity index is 1600. The molecule has 3 atom stereocenters. The zero-order valence-corrected chi connectivity index (χ0v) is 25.6. The van der Waals surface area contributed by atoms with Crippen molar-refractivity contribution in [2.24, 2.45) is 0 Å². The lowest BCUT2D eigenvalue weighted by Gasteiger charge is -2.47. The molecule has 1 aromatic heterocycles. The van der Waals surface area contributed by atoms with Gasteiger partial charge in [-0.05, 0) is 56.3 Å². The number of anilines is 3. The lowest BCUT2D eigenvalue weighted by molar-refractivity contribution is -0.165. The van der Waals surface area contributed by atoms with E-state index in [1.165, 1.54) is 25.4 Å². The summed E-state index contributed by atoms with van der Waals surface area (Å²) in [6, 6.07) is 15.6. The molecule has 1 unspecified atom stereocenters. The number of nitrogens with zero attached hydrogens (tertiary/aromatic N) is 7. The number of likely N-dealkylation sites (tertiary alicyclic amines) is 1. The summed E-state index contributed by atoms with van der Waals surface area (Å²) >= 11 is 0.